The van der Waals surface area contributed by atoms with E-state index in [0.29, 0.717) is 12.6 Å². The van der Waals surface area contributed by atoms with Crippen LogP contribution >= 0.6 is 15.9 Å². The van der Waals surface area contributed by atoms with Crippen molar-refractivity contribution < 1.29 is 4.74 Å². The van der Waals surface area contributed by atoms with Crippen molar-refractivity contribution in [2.24, 2.45) is 5.73 Å². The number of hydrogen-bond acceptors (Lipinski definition) is 2. The highest BCUT2D eigenvalue weighted by Gasteiger charge is 2.14. The number of halogens is 1. The van der Waals surface area contributed by atoms with Crippen LogP contribution in [0.3, 0.4) is 0 Å². The van der Waals surface area contributed by atoms with E-state index in [9.17, 15) is 0 Å². The third kappa shape index (κ3) is 3.99. The molecule has 0 aliphatic heterocycles. The van der Waals surface area contributed by atoms with Crippen molar-refractivity contribution in [1.82, 2.24) is 0 Å². The van der Waals surface area contributed by atoms with Crippen molar-refractivity contribution >= 4 is 15.9 Å². The van der Waals surface area contributed by atoms with Gasteiger partial charge >= 0.3 is 0 Å². The molecule has 1 aromatic carbocycles. The lowest BCUT2D eigenvalue weighted by atomic mass is 10.1. The normalized spacial score (nSPS) is 17.4. The van der Waals surface area contributed by atoms with Crippen molar-refractivity contribution in [2.75, 3.05) is 6.54 Å². The summed E-state index contributed by atoms with van der Waals surface area (Å²) in [5, 5.41) is 0. The first-order valence-corrected chi connectivity index (χ1v) is 7.74. The topological polar surface area (TPSA) is 35.2 Å². The van der Waals surface area contributed by atoms with Gasteiger partial charge in [-0.05, 0) is 62.4 Å². The van der Waals surface area contributed by atoms with Crippen LogP contribution in [0, 0.1) is 0 Å². The quantitative estimate of drug-likeness (QED) is 0.851. The average molecular weight is 312 g/mol. The first kappa shape index (κ1) is 13.9. The molecule has 2 nitrogen and oxygen atoms in total. The van der Waals surface area contributed by atoms with Crippen LogP contribution in [0.2, 0.25) is 0 Å². The zero-order chi connectivity index (χ0) is 12.8. The second-order valence-corrected chi connectivity index (χ2v) is 5.88. The van der Waals surface area contributed by atoms with Gasteiger partial charge in [-0.25, -0.2) is 0 Å². The largest absolute Gasteiger partial charge is 0.490 e. The van der Waals surface area contributed by atoms with Crippen LogP contribution in [0.15, 0.2) is 22.7 Å². The molecule has 1 fully saturated rings. The fraction of sp³-hybridized carbons (Fsp3) is 0.600. The maximum Gasteiger partial charge on any atom is 0.120 e. The monoisotopic (exact) mass is 311 g/mol. The maximum absolute atomic E-state index is 6.12. The molecule has 0 atom stereocenters. The molecular weight excluding hydrogens is 290 g/mol. The molecule has 1 saturated carbocycles. The summed E-state index contributed by atoms with van der Waals surface area (Å²) in [5.74, 6) is 0.994. The summed E-state index contributed by atoms with van der Waals surface area (Å²) >= 11 is 3.56. The number of hydrogen-bond donors (Lipinski definition) is 1. The molecular formula is C15H22BrNO. The SMILES string of the molecule is NCCc1cc(OC2CCCCCC2)ccc1Br. The Hall–Kier alpha value is -0.540. The number of rotatable bonds is 4. The van der Waals surface area contributed by atoms with Crippen LogP contribution in [0.25, 0.3) is 0 Å². The minimum atomic E-state index is 0.402. The van der Waals surface area contributed by atoms with Crippen LogP contribution in [-0.4, -0.2) is 12.6 Å². The Labute approximate surface area is 118 Å². The maximum atomic E-state index is 6.12. The predicted molar refractivity (Wildman–Crippen MR) is 79.0 cm³/mol. The first-order chi connectivity index (χ1) is 8.79. The van der Waals surface area contributed by atoms with E-state index in [1.807, 2.05) is 0 Å². The van der Waals surface area contributed by atoms with Crippen molar-refractivity contribution in [2.45, 2.75) is 51.0 Å². The molecule has 18 heavy (non-hydrogen) atoms. The Bertz CT molecular complexity index is 373. The third-order valence-corrected chi connectivity index (χ3v) is 4.31. The molecule has 0 radical (unpaired) electrons. The smallest absolute Gasteiger partial charge is 0.120 e. The van der Waals surface area contributed by atoms with Gasteiger partial charge in [0, 0.05) is 4.47 Å². The molecule has 0 bridgehead atoms. The molecule has 0 amide bonds. The van der Waals surface area contributed by atoms with Gasteiger partial charge in [0.15, 0.2) is 0 Å². The first-order valence-electron chi connectivity index (χ1n) is 6.95. The Morgan fingerprint density at radius 3 is 2.56 bits per heavy atom. The second-order valence-electron chi connectivity index (χ2n) is 5.02. The highest BCUT2D eigenvalue weighted by molar-refractivity contribution is 9.10. The molecule has 0 heterocycles. The van der Waals surface area contributed by atoms with Crippen LogP contribution in [0.5, 0.6) is 5.75 Å². The van der Waals surface area contributed by atoms with E-state index in [2.05, 4.69) is 34.1 Å². The average Bonchev–Trinajstić information content (AvgIpc) is 2.62. The number of nitrogens with two attached hydrogens (primary N) is 1. The minimum Gasteiger partial charge on any atom is -0.490 e. The summed E-state index contributed by atoms with van der Waals surface area (Å²) < 4.78 is 7.24. The van der Waals surface area contributed by atoms with Crippen LogP contribution in [0.4, 0.5) is 0 Å². The molecule has 0 aromatic heterocycles. The van der Waals surface area contributed by atoms with E-state index < -0.39 is 0 Å². The fourth-order valence-electron chi connectivity index (χ4n) is 2.52. The number of benzene rings is 1. The van der Waals surface area contributed by atoms with Crippen LogP contribution in [0.1, 0.15) is 44.1 Å². The standard InChI is InChI=1S/C15H22BrNO/c16-15-8-7-14(11-12(15)9-10-17)18-13-5-3-1-2-4-6-13/h7-8,11,13H,1-6,9-10,17H2. The van der Waals surface area contributed by atoms with Gasteiger partial charge in [0.25, 0.3) is 0 Å². The second kappa shape index (κ2) is 7.15. The van der Waals surface area contributed by atoms with E-state index >= 15 is 0 Å². The predicted octanol–water partition coefficient (Wildman–Crippen LogP) is 4.05. The molecule has 0 saturated heterocycles. The van der Waals surface area contributed by atoms with E-state index in [1.165, 1.54) is 44.1 Å². The summed E-state index contributed by atoms with van der Waals surface area (Å²) in [5.41, 5.74) is 6.86. The summed E-state index contributed by atoms with van der Waals surface area (Å²) in [6.07, 6.45) is 9.01. The van der Waals surface area contributed by atoms with Crippen LogP contribution < -0.4 is 10.5 Å². The molecule has 2 N–H and O–H groups in total. The summed E-state index contributed by atoms with van der Waals surface area (Å²) in [7, 11) is 0. The highest BCUT2D eigenvalue weighted by atomic mass is 79.9. The lowest BCUT2D eigenvalue weighted by Gasteiger charge is -2.18. The summed E-state index contributed by atoms with van der Waals surface area (Å²) in [4.78, 5) is 0. The van der Waals surface area contributed by atoms with E-state index in [0.717, 1.165) is 16.6 Å². The lowest BCUT2D eigenvalue weighted by molar-refractivity contribution is 0.183. The Morgan fingerprint density at radius 1 is 1.17 bits per heavy atom. The molecule has 0 spiro atoms. The van der Waals surface area contributed by atoms with Crippen molar-refractivity contribution in [3.63, 3.8) is 0 Å². The summed E-state index contributed by atoms with van der Waals surface area (Å²) in [6, 6.07) is 6.24. The van der Waals surface area contributed by atoms with E-state index in [4.69, 9.17) is 10.5 Å². The molecule has 0 unspecified atom stereocenters. The highest BCUT2D eigenvalue weighted by Crippen LogP contribution is 2.26. The zero-order valence-corrected chi connectivity index (χ0v) is 12.4. The Balaban J connectivity index is 2.01. The molecule has 1 aromatic rings. The van der Waals surface area contributed by atoms with Crippen molar-refractivity contribution in [3.8, 4) is 5.75 Å². The Morgan fingerprint density at radius 2 is 1.89 bits per heavy atom. The van der Waals surface area contributed by atoms with Crippen molar-refractivity contribution in [1.29, 1.82) is 0 Å². The molecule has 1 aliphatic rings. The minimum absolute atomic E-state index is 0.402. The van der Waals surface area contributed by atoms with Gasteiger partial charge in [-0.1, -0.05) is 28.8 Å². The van der Waals surface area contributed by atoms with Gasteiger partial charge in [0.05, 0.1) is 6.10 Å². The van der Waals surface area contributed by atoms with Gasteiger partial charge in [-0.3, -0.25) is 0 Å². The molecule has 1 aliphatic carbocycles. The van der Waals surface area contributed by atoms with Gasteiger partial charge in [0.2, 0.25) is 0 Å². The van der Waals surface area contributed by atoms with Gasteiger partial charge in [0.1, 0.15) is 5.75 Å². The lowest BCUT2D eigenvalue weighted by Crippen LogP contribution is -2.15. The molecule has 2 rings (SSSR count). The fourth-order valence-corrected chi connectivity index (χ4v) is 2.97. The molecule has 3 heteroatoms. The molecule has 100 valence electrons. The van der Waals surface area contributed by atoms with Gasteiger partial charge in [-0.2, -0.15) is 0 Å². The Kier molecular flexibility index (Phi) is 5.51. The zero-order valence-electron chi connectivity index (χ0n) is 10.8. The van der Waals surface area contributed by atoms with Crippen LogP contribution in [-0.2, 0) is 6.42 Å². The number of ether oxygens (including phenoxy) is 1. The van der Waals surface area contributed by atoms with Crippen molar-refractivity contribution in [3.05, 3.63) is 28.2 Å². The van der Waals surface area contributed by atoms with Gasteiger partial charge in [-0.15, -0.1) is 0 Å². The third-order valence-electron chi connectivity index (χ3n) is 3.54. The van der Waals surface area contributed by atoms with E-state index in [1.54, 1.807) is 0 Å². The van der Waals surface area contributed by atoms with E-state index in [-0.39, 0.29) is 0 Å². The summed E-state index contributed by atoms with van der Waals surface area (Å²) in [6.45, 7) is 0.672. The van der Waals surface area contributed by atoms with Gasteiger partial charge < -0.3 is 10.5 Å².